The number of ether oxygens (including phenoxy) is 1. The van der Waals surface area contributed by atoms with Gasteiger partial charge in [-0.1, -0.05) is 12.6 Å². The van der Waals surface area contributed by atoms with E-state index in [-0.39, 0.29) is 12.2 Å². The zero-order valence-electron chi connectivity index (χ0n) is 7.37. The van der Waals surface area contributed by atoms with Crippen LogP contribution in [0.25, 0.3) is 0 Å². The number of aromatic carboxylic acids is 1. The van der Waals surface area contributed by atoms with Crippen molar-refractivity contribution in [2.75, 3.05) is 6.61 Å². The highest BCUT2D eigenvalue weighted by Gasteiger charge is 2.03. The molecule has 0 atom stereocenters. The fraction of sp³-hybridized carbons (Fsp3) is 0.100. The third kappa shape index (κ3) is 2.90. The van der Waals surface area contributed by atoms with Gasteiger partial charge in [0.25, 0.3) is 0 Å². The van der Waals surface area contributed by atoms with Gasteiger partial charge < -0.3 is 9.84 Å². The van der Waals surface area contributed by atoms with E-state index in [1.165, 1.54) is 18.2 Å². The Morgan fingerprint density at radius 2 is 2.29 bits per heavy atom. The number of benzene rings is 1. The molecule has 3 nitrogen and oxygen atoms in total. The van der Waals surface area contributed by atoms with Crippen LogP contribution in [0.2, 0.25) is 0 Å². The van der Waals surface area contributed by atoms with Gasteiger partial charge in [-0.2, -0.15) is 0 Å². The Morgan fingerprint density at radius 1 is 1.57 bits per heavy atom. The number of carbonyl (C=O) groups is 1. The monoisotopic (exact) mass is 196 g/mol. The SMILES string of the molecule is C=C(F)COc1cccc(C(=O)O)c1. The van der Waals surface area contributed by atoms with E-state index in [0.29, 0.717) is 5.75 Å². The zero-order chi connectivity index (χ0) is 10.6. The Kier molecular flexibility index (Phi) is 3.23. The predicted molar refractivity (Wildman–Crippen MR) is 49.1 cm³/mol. The van der Waals surface area contributed by atoms with Gasteiger partial charge in [0.15, 0.2) is 0 Å². The van der Waals surface area contributed by atoms with Crippen molar-refractivity contribution in [3.8, 4) is 5.75 Å². The van der Waals surface area contributed by atoms with E-state index in [0.717, 1.165) is 0 Å². The summed E-state index contributed by atoms with van der Waals surface area (Å²) in [5.41, 5.74) is 0.104. The summed E-state index contributed by atoms with van der Waals surface area (Å²) < 4.78 is 17.1. The molecule has 0 aliphatic heterocycles. The highest BCUT2D eigenvalue weighted by molar-refractivity contribution is 5.87. The van der Waals surface area contributed by atoms with E-state index in [1.54, 1.807) is 6.07 Å². The van der Waals surface area contributed by atoms with E-state index >= 15 is 0 Å². The first-order valence-corrected chi connectivity index (χ1v) is 3.89. The van der Waals surface area contributed by atoms with Gasteiger partial charge in [0.2, 0.25) is 0 Å². The van der Waals surface area contributed by atoms with Gasteiger partial charge in [-0.3, -0.25) is 0 Å². The lowest BCUT2D eigenvalue weighted by Gasteiger charge is -2.04. The number of hydrogen-bond acceptors (Lipinski definition) is 2. The molecule has 1 aromatic rings. The Morgan fingerprint density at radius 3 is 2.86 bits per heavy atom. The third-order valence-corrected chi connectivity index (χ3v) is 1.48. The molecule has 0 bridgehead atoms. The number of carboxylic acid groups (broad SMARTS) is 1. The molecule has 1 rings (SSSR count). The molecular formula is C10H9FO3. The fourth-order valence-electron chi connectivity index (χ4n) is 0.881. The number of halogens is 1. The minimum absolute atomic E-state index is 0.104. The Hall–Kier alpha value is -1.84. The van der Waals surface area contributed by atoms with Crippen LogP contribution in [0.3, 0.4) is 0 Å². The second-order valence-electron chi connectivity index (χ2n) is 2.64. The summed E-state index contributed by atoms with van der Waals surface area (Å²) in [6.45, 7) is 2.76. The van der Waals surface area contributed by atoms with Gasteiger partial charge in [0.1, 0.15) is 18.2 Å². The van der Waals surface area contributed by atoms with Crippen molar-refractivity contribution < 1.29 is 19.0 Å². The van der Waals surface area contributed by atoms with Crippen LogP contribution < -0.4 is 4.74 Å². The van der Waals surface area contributed by atoms with E-state index in [9.17, 15) is 9.18 Å². The number of hydrogen-bond donors (Lipinski definition) is 1. The first-order chi connectivity index (χ1) is 6.59. The van der Waals surface area contributed by atoms with Crippen molar-refractivity contribution in [1.29, 1.82) is 0 Å². The highest BCUT2D eigenvalue weighted by Crippen LogP contribution is 2.14. The molecule has 0 saturated carbocycles. The molecular weight excluding hydrogens is 187 g/mol. The lowest BCUT2D eigenvalue weighted by molar-refractivity contribution is 0.0696. The van der Waals surface area contributed by atoms with Crippen LogP contribution >= 0.6 is 0 Å². The summed E-state index contributed by atoms with van der Waals surface area (Å²) in [6, 6.07) is 5.83. The predicted octanol–water partition coefficient (Wildman–Crippen LogP) is 2.25. The average molecular weight is 196 g/mol. The van der Waals surface area contributed by atoms with Crippen LogP contribution in [0.4, 0.5) is 4.39 Å². The third-order valence-electron chi connectivity index (χ3n) is 1.48. The molecule has 0 amide bonds. The molecule has 0 aliphatic rings. The van der Waals surface area contributed by atoms with Gasteiger partial charge in [-0.05, 0) is 18.2 Å². The van der Waals surface area contributed by atoms with Crippen LogP contribution in [0.15, 0.2) is 36.7 Å². The van der Waals surface area contributed by atoms with Crippen molar-refractivity contribution in [1.82, 2.24) is 0 Å². The molecule has 4 heteroatoms. The largest absolute Gasteiger partial charge is 0.487 e. The van der Waals surface area contributed by atoms with Crippen molar-refractivity contribution in [3.63, 3.8) is 0 Å². The molecule has 0 aliphatic carbocycles. The molecule has 14 heavy (non-hydrogen) atoms. The van der Waals surface area contributed by atoms with Gasteiger partial charge in [-0.25, -0.2) is 9.18 Å². The Bertz CT molecular complexity index is 360. The van der Waals surface area contributed by atoms with E-state index in [2.05, 4.69) is 6.58 Å². The number of carboxylic acids is 1. The van der Waals surface area contributed by atoms with Crippen LogP contribution in [0.5, 0.6) is 5.75 Å². The molecule has 0 fully saturated rings. The maximum atomic E-state index is 12.2. The highest BCUT2D eigenvalue weighted by atomic mass is 19.1. The summed E-state index contributed by atoms with van der Waals surface area (Å²) in [6.07, 6.45) is 0. The normalized spacial score (nSPS) is 9.50. The molecule has 0 spiro atoms. The van der Waals surface area contributed by atoms with Gasteiger partial charge in [0, 0.05) is 0 Å². The van der Waals surface area contributed by atoms with Crippen molar-refractivity contribution >= 4 is 5.97 Å². The first-order valence-electron chi connectivity index (χ1n) is 3.89. The summed E-state index contributed by atoms with van der Waals surface area (Å²) in [5, 5.41) is 8.64. The molecule has 0 saturated heterocycles. The maximum Gasteiger partial charge on any atom is 0.335 e. The molecule has 0 aromatic heterocycles. The van der Waals surface area contributed by atoms with Crippen molar-refractivity contribution in [3.05, 3.63) is 42.2 Å². The van der Waals surface area contributed by atoms with E-state index < -0.39 is 11.8 Å². The number of rotatable bonds is 4. The summed E-state index contributed by atoms with van der Waals surface area (Å²) >= 11 is 0. The van der Waals surface area contributed by atoms with Crippen LogP contribution in [0.1, 0.15) is 10.4 Å². The maximum absolute atomic E-state index is 12.2. The van der Waals surface area contributed by atoms with Crippen molar-refractivity contribution in [2.45, 2.75) is 0 Å². The average Bonchev–Trinajstić information content (AvgIpc) is 2.15. The van der Waals surface area contributed by atoms with E-state index in [4.69, 9.17) is 9.84 Å². The molecule has 0 heterocycles. The smallest absolute Gasteiger partial charge is 0.335 e. The second-order valence-corrected chi connectivity index (χ2v) is 2.64. The van der Waals surface area contributed by atoms with Gasteiger partial charge in [0.05, 0.1) is 5.56 Å². The molecule has 1 N–H and O–H groups in total. The lowest BCUT2D eigenvalue weighted by Crippen LogP contribution is -2.00. The molecule has 0 radical (unpaired) electrons. The standard InChI is InChI=1S/C10H9FO3/c1-7(11)6-14-9-4-2-3-8(5-9)10(12)13/h2-5H,1,6H2,(H,12,13). The van der Waals surface area contributed by atoms with E-state index in [1.807, 2.05) is 0 Å². The minimum Gasteiger partial charge on any atom is -0.487 e. The van der Waals surface area contributed by atoms with Crippen LogP contribution in [-0.2, 0) is 0 Å². The quantitative estimate of drug-likeness (QED) is 0.803. The molecule has 1 aromatic carbocycles. The van der Waals surface area contributed by atoms with Gasteiger partial charge >= 0.3 is 5.97 Å². The fourth-order valence-corrected chi connectivity index (χ4v) is 0.881. The van der Waals surface area contributed by atoms with Crippen LogP contribution in [0, 0.1) is 0 Å². The Balaban J connectivity index is 2.73. The topological polar surface area (TPSA) is 46.5 Å². The molecule has 0 unspecified atom stereocenters. The zero-order valence-corrected chi connectivity index (χ0v) is 7.37. The van der Waals surface area contributed by atoms with Crippen LogP contribution in [-0.4, -0.2) is 17.7 Å². The summed E-state index contributed by atoms with van der Waals surface area (Å²) in [4.78, 5) is 10.5. The summed E-state index contributed by atoms with van der Waals surface area (Å²) in [7, 11) is 0. The first kappa shape index (κ1) is 10.2. The van der Waals surface area contributed by atoms with Gasteiger partial charge in [-0.15, -0.1) is 0 Å². The Labute approximate surface area is 80.4 Å². The minimum atomic E-state index is -1.05. The molecule has 74 valence electrons. The summed E-state index contributed by atoms with van der Waals surface area (Å²) in [5.74, 6) is -1.34. The lowest BCUT2D eigenvalue weighted by atomic mass is 10.2. The second kappa shape index (κ2) is 4.41. The van der Waals surface area contributed by atoms with Crippen molar-refractivity contribution in [2.24, 2.45) is 0 Å².